The number of nitrogens with one attached hydrogen (secondary N) is 1. The summed E-state index contributed by atoms with van der Waals surface area (Å²) >= 11 is 5.53. The minimum absolute atomic E-state index is 0.154. The van der Waals surface area contributed by atoms with Crippen molar-refractivity contribution >= 4 is 17.5 Å². The lowest BCUT2D eigenvalue weighted by Gasteiger charge is -2.11. The largest absolute Gasteiger partial charge is 0.352 e. The molecule has 0 aliphatic heterocycles. The Labute approximate surface area is 108 Å². The number of carbonyl (C=O) groups is 1. The Bertz CT molecular complexity index is 416. The van der Waals surface area contributed by atoms with Crippen LogP contribution < -0.4 is 5.32 Å². The zero-order valence-corrected chi connectivity index (χ0v) is 10.5. The molecule has 1 atom stereocenters. The maximum absolute atomic E-state index is 12.9. The maximum atomic E-state index is 12.9. The molecule has 1 aromatic rings. The van der Waals surface area contributed by atoms with Gasteiger partial charge in [0, 0.05) is 18.0 Å². The quantitative estimate of drug-likeness (QED) is 0.651. The number of benzene rings is 1. The second-order valence-corrected chi connectivity index (χ2v) is 4.42. The van der Waals surface area contributed by atoms with E-state index in [2.05, 4.69) is 5.32 Å². The minimum atomic E-state index is -1.58. The molecule has 100 valence electrons. The van der Waals surface area contributed by atoms with Gasteiger partial charge in [0.25, 0.3) is 5.91 Å². The molecule has 1 rings (SSSR count). The summed E-state index contributed by atoms with van der Waals surface area (Å²) in [5.74, 6) is -4.36. The van der Waals surface area contributed by atoms with E-state index in [0.29, 0.717) is 31.0 Å². The fraction of sp³-hybridized carbons (Fsp3) is 0.417. The van der Waals surface area contributed by atoms with Crippen LogP contribution in [0.15, 0.2) is 12.1 Å². The molecule has 0 saturated carbocycles. The van der Waals surface area contributed by atoms with Crippen LogP contribution in [0.5, 0.6) is 0 Å². The SMILES string of the molecule is CC(CCCl)CNC(=O)c1cc(F)c(F)c(F)c1. The number of hydrogen-bond acceptors (Lipinski definition) is 1. The molecule has 1 N–H and O–H groups in total. The van der Waals surface area contributed by atoms with Gasteiger partial charge >= 0.3 is 0 Å². The van der Waals surface area contributed by atoms with Crippen molar-refractivity contribution in [1.82, 2.24) is 5.32 Å². The Morgan fingerprint density at radius 2 is 1.89 bits per heavy atom. The molecular formula is C12H13ClF3NO. The Balaban J connectivity index is 2.67. The van der Waals surface area contributed by atoms with Crippen molar-refractivity contribution in [2.24, 2.45) is 5.92 Å². The standard InChI is InChI=1S/C12H13ClF3NO/c1-7(2-3-13)6-17-12(18)8-4-9(14)11(16)10(15)5-8/h4-5,7H,2-3,6H2,1H3,(H,17,18). The van der Waals surface area contributed by atoms with Gasteiger partial charge in [-0.25, -0.2) is 13.2 Å². The van der Waals surface area contributed by atoms with Crippen molar-refractivity contribution in [1.29, 1.82) is 0 Å². The van der Waals surface area contributed by atoms with Crippen molar-refractivity contribution in [2.75, 3.05) is 12.4 Å². The van der Waals surface area contributed by atoms with Crippen LogP contribution in [0.3, 0.4) is 0 Å². The van der Waals surface area contributed by atoms with E-state index in [-0.39, 0.29) is 11.5 Å². The van der Waals surface area contributed by atoms with Crippen LogP contribution in [0.2, 0.25) is 0 Å². The van der Waals surface area contributed by atoms with Crippen LogP contribution in [-0.4, -0.2) is 18.3 Å². The van der Waals surface area contributed by atoms with Gasteiger partial charge in [-0.3, -0.25) is 4.79 Å². The predicted octanol–water partition coefficient (Wildman–Crippen LogP) is 3.10. The molecule has 1 aromatic carbocycles. The average molecular weight is 280 g/mol. The second-order valence-electron chi connectivity index (χ2n) is 4.05. The molecule has 0 radical (unpaired) electrons. The van der Waals surface area contributed by atoms with Crippen molar-refractivity contribution in [3.8, 4) is 0 Å². The van der Waals surface area contributed by atoms with E-state index in [1.165, 1.54) is 0 Å². The Morgan fingerprint density at radius 1 is 1.33 bits per heavy atom. The third kappa shape index (κ3) is 3.91. The summed E-state index contributed by atoms with van der Waals surface area (Å²) in [5.41, 5.74) is -0.246. The highest BCUT2D eigenvalue weighted by Gasteiger charge is 2.15. The first-order valence-corrected chi connectivity index (χ1v) is 5.97. The lowest BCUT2D eigenvalue weighted by molar-refractivity contribution is 0.0946. The second kappa shape index (κ2) is 6.64. The molecule has 6 heteroatoms. The van der Waals surface area contributed by atoms with E-state index in [9.17, 15) is 18.0 Å². The summed E-state index contributed by atoms with van der Waals surface area (Å²) in [7, 11) is 0. The Morgan fingerprint density at radius 3 is 2.39 bits per heavy atom. The van der Waals surface area contributed by atoms with Crippen LogP contribution in [-0.2, 0) is 0 Å². The fourth-order valence-corrected chi connectivity index (χ4v) is 1.72. The number of hydrogen-bond donors (Lipinski definition) is 1. The first kappa shape index (κ1) is 14.8. The van der Waals surface area contributed by atoms with E-state index >= 15 is 0 Å². The van der Waals surface area contributed by atoms with Crippen molar-refractivity contribution in [2.45, 2.75) is 13.3 Å². The lowest BCUT2D eigenvalue weighted by atomic mass is 10.1. The molecule has 18 heavy (non-hydrogen) atoms. The van der Waals surface area contributed by atoms with Crippen molar-refractivity contribution in [3.63, 3.8) is 0 Å². The fourth-order valence-electron chi connectivity index (χ4n) is 1.34. The first-order valence-electron chi connectivity index (χ1n) is 5.44. The van der Waals surface area contributed by atoms with Crippen LogP contribution in [0.4, 0.5) is 13.2 Å². The van der Waals surface area contributed by atoms with Crippen LogP contribution in [0.25, 0.3) is 0 Å². The zero-order chi connectivity index (χ0) is 13.7. The summed E-state index contributed by atoms with van der Waals surface area (Å²) in [6.07, 6.45) is 0.716. The highest BCUT2D eigenvalue weighted by molar-refractivity contribution is 6.17. The monoisotopic (exact) mass is 279 g/mol. The van der Waals surface area contributed by atoms with E-state index < -0.39 is 23.4 Å². The number of carbonyl (C=O) groups excluding carboxylic acids is 1. The van der Waals surface area contributed by atoms with Gasteiger partial charge in [-0.2, -0.15) is 0 Å². The van der Waals surface area contributed by atoms with E-state index in [1.54, 1.807) is 0 Å². The molecule has 0 aliphatic rings. The molecule has 1 unspecified atom stereocenters. The van der Waals surface area contributed by atoms with E-state index in [4.69, 9.17) is 11.6 Å². The number of amides is 1. The summed E-state index contributed by atoms with van der Waals surface area (Å²) in [5, 5.41) is 2.50. The van der Waals surface area contributed by atoms with Crippen molar-refractivity contribution in [3.05, 3.63) is 35.1 Å². The van der Waals surface area contributed by atoms with Crippen molar-refractivity contribution < 1.29 is 18.0 Å². The molecule has 0 spiro atoms. The summed E-state index contributed by atoms with van der Waals surface area (Å²) < 4.78 is 38.5. The molecule has 2 nitrogen and oxygen atoms in total. The minimum Gasteiger partial charge on any atom is -0.352 e. The lowest BCUT2D eigenvalue weighted by Crippen LogP contribution is -2.28. The molecule has 0 bridgehead atoms. The van der Waals surface area contributed by atoms with Gasteiger partial charge < -0.3 is 5.32 Å². The maximum Gasteiger partial charge on any atom is 0.251 e. The van der Waals surface area contributed by atoms with Gasteiger partial charge in [0.15, 0.2) is 17.5 Å². The summed E-state index contributed by atoms with van der Waals surface area (Å²) in [6.45, 7) is 2.22. The molecule has 0 aromatic heterocycles. The number of halogens is 4. The first-order chi connectivity index (χ1) is 8.45. The molecule has 0 heterocycles. The summed E-state index contributed by atoms with van der Waals surface area (Å²) in [4.78, 5) is 11.6. The normalized spacial score (nSPS) is 12.3. The molecule has 1 amide bonds. The number of rotatable bonds is 5. The van der Waals surface area contributed by atoms with Gasteiger partial charge in [-0.05, 0) is 24.5 Å². The molecular weight excluding hydrogens is 267 g/mol. The molecule has 0 aliphatic carbocycles. The molecule has 0 saturated heterocycles. The Kier molecular flexibility index (Phi) is 5.47. The van der Waals surface area contributed by atoms with Crippen LogP contribution >= 0.6 is 11.6 Å². The van der Waals surface area contributed by atoms with Gasteiger partial charge in [-0.15, -0.1) is 11.6 Å². The van der Waals surface area contributed by atoms with Crippen LogP contribution in [0, 0.1) is 23.4 Å². The Hall–Kier alpha value is -1.23. The highest BCUT2D eigenvalue weighted by Crippen LogP contribution is 2.13. The topological polar surface area (TPSA) is 29.1 Å². The number of alkyl halides is 1. The van der Waals surface area contributed by atoms with E-state index in [0.717, 1.165) is 0 Å². The van der Waals surface area contributed by atoms with Gasteiger partial charge in [0.05, 0.1) is 0 Å². The summed E-state index contributed by atoms with van der Waals surface area (Å²) in [6, 6.07) is 1.33. The van der Waals surface area contributed by atoms with Gasteiger partial charge in [0.1, 0.15) is 0 Å². The third-order valence-corrected chi connectivity index (χ3v) is 2.68. The van der Waals surface area contributed by atoms with Gasteiger partial charge in [-0.1, -0.05) is 6.92 Å². The predicted molar refractivity (Wildman–Crippen MR) is 63.2 cm³/mol. The smallest absolute Gasteiger partial charge is 0.251 e. The molecule has 0 fully saturated rings. The van der Waals surface area contributed by atoms with Crippen LogP contribution in [0.1, 0.15) is 23.7 Å². The average Bonchev–Trinajstić information content (AvgIpc) is 2.32. The zero-order valence-electron chi connectivity index (χ0n) is 9.77. The van der Waals surface area contributed by atoms with Gasteiger partial charge in [0.2, 0.25) is 0 Å². The van der Waals surface area contributed by atoms with E-state index in [1.807, 2.05) is 6.92 Å². The third-order valence-electron chi connectivity index (χ3n) is 2.46. The highest BCUT2D eigenvalue weighted by atomic mass is 35.5.